The van der Waals surface area contributed by atoms with Gasteiger partial charge in [0, 0.05) is 30.9 Å². The van der Waals surface area contributed by atoms with Crippen LogP contribution in [-0.2, 0) is 10.0 Å². The van der Waals surface area contributed by atoms with Crippen molar-refractivity contribution in [2.24, 2.45) is 5.10 Å². The third kappa shape index (κ3) is 3.46. The van der Waals surface area contributed by atoms with Gasteiger partial charge in [0.15, 0.2) is 0 Å². The Balaban J connectivity index is 2.00. The van der Waals surface area contributed by atoms with E-state index < -0.39 is 14.9 Å². The molecule has 0 aliphatic carbocycles. The molecule has 2 heterocycles. The van der Waals surface area contributed by atoms with Crippen LogP contribution in [-0.4, -0.2) is 40.6 Å². The first kappa shape index (κ1) is 19.5. The number of nitro benzene ring substituents is 1. The topological polar surface area (TPSA) is 110 Å². The molecule has 0 radical (unpaired) electrons. The SMILES string of the molecule is Cc1ccn2nc(C)c(C=NN(C)S(=O)(=O)c3cc([N+](=O)[O-])ccc3C)c2c1. The van der Waals surface area contributed by atoms with Crippen LogP contribution in [0.1, 0.15) is 22.4 Å². The minimum absolute atomic E-state index is 0.159. The summed E-state index contributed by atoms with van der Waals surface area (Å²) in [6, 6.07) is 7.56. The Morgan fingerprint density at radius 2 is 1.93 bits per heavy atom. The number of rotatable bonds is 5. The molecular formula is C18H19N5O4S. The zero-order valence-corrected chi connectivity index (χ0v) is 16.6. The van der Waals surface area contributed by atoms with E-state index in [1.807, 2.05) is 32.2 Å². The van der Waals surface area contributed by atoms with Crippen molar-refractivity contribution < 1.29 is 13.3 Å². The number of aryl methyl sites for hydroxylation is 3. The highest BCUT2D eigenvalue weighted by Gasteiger charge is 2.24. The van der Waals surface area contributed by atoms with Gasteiger partial charge in [0.2, 0.25) is 0 Å². The maximum absolute atomic E-state index is 12.9. The Morgan fingerprint density at radius 1 is 1.21 bits per heavy atom. The monoisotopic (exact) mass is 401 g/mol. The number of sulfonamides is 1. The van der Waals surface area contributed by atoms with Gasteiger partial charge in [-0.3, -0.25) is 10.1 Å². The number of pyridine rings is 1. The quantitative estimate of drug-likeness (QED) is 0.371. The van der Waals surface area contributed by atoms with Crippen LogP contribution in [0.4, 0.5) is 5.69 Å². The lowest BCUT2D eigenvalue weighted by Crippen LogP contribution is -2.23. The largest absolute Gasteiger partial charge is 0.279 e. The summed E-state index contributed by atoms with van der Waals surface area (Å²) in [6.45, 7) is 5.33. The third-order valence-corrected chi connectivity index (χ3v) is 6.16. The highest BCUT2D eigenvalue weighted by Crippen LogP contribution is 2.24. The molecule has 3 rings (SSSR count). The van der Waals surface area contributed by atoms with Crippen LogP contribution in [0.25, 0.3) is 5.52 Å². The van der Waals surface area contributed by atoms with Crippen molar-refractivity contribution in [3.8, 4) is 0 Å². The number of hydrazone groups is 1. The first-order chi connectivity index (χ1) is 13.1. The summed E-state index contributed by atoms with van der Waals surface area (Å²) >= 11 is 0. The summed E-state index contributed by atoms with van der Waals surface area (Å²) in [5.74, 6) is 0. The van der Waals surface area contributed by atoms with Gasteiger partial charge in [0.05, 0.1) is 27.2 Å². The van der Waals surface area contributed by atoms with Crippen molar-refractivity contribution in [2.75, 3.05) is 7.05 Å². The van der Waals surface area contributed by atoms with Gasteiger partial charge < -0.3 is 0 Å². The highest BCUT2D eigenvalue weighted by molar-refractivity contribution is 7.89. The predicted molar refractivity (Wildman–Crippen MR) is 105 cm³/mol. The summed E-state index contributed by atoms with van der Waals surface area (Å²) in [7, 11) is -2.76. The smallest absolute Gasteiger partial charge is 0.258 e. The molecule has 28 heavy (non-hydrogen) atoms. The van der Waals surface area contributed by atoms with Gasteiger partial charge in [0.1, 0.15) is 0 Å². The van der Waals surface area contributed by atoms with Crippen molar-refractivity contribution in [1.29, 1.82) is 0 Å². The molecule has 0 spiro atoms. The van der Waals surface area contributed by atoms with Crippen LogP contribution in [0, 0.1) is 30.9 Å². The van der Waals surface area contributed by atoms with E-state index in [9.17, 15) is 18.5 Å². The molecule has 0 unspecified atom stereocenters. The van der Waals surface area contributed by atoms with Crippen molar-refractivity contribution in [2.45, 2.75) is 25.7 Å². The van der Waals surface area contributed by atoms with Gasteiger partial charge in [-0.15, -0.1) is 0 Å². The maximum atomic E-state index is 12.9. The van der Waals surface area contributed by atoms with E-state index in [2.05, 4.69) is 10.2 Å². The molecule has 0 N–H and O–H groups in total. The van der Waals surface area contributed by atoms with Gasteiger partial charge >= 0.3 is 0 Å². The van der Waals surface area contributed by atoms with Crippen LogP contribution in [0.3, 0.4) is 0 Å². The van der Waals surface area contributed by atoms with Crippen molar-refractivity contribution in [3.05, 3.63) is 69.0 Å². The summed E-state index contributed by atoms with van der Waals surface area (Å²) in [6.07, 6.45) is 3.25. The summed E-state index contributed by atoms with van der Waals surface area (Å²) in [5, 5.41) is 19.4. The lowest BCUT2D eigenvalue weighted by atomic mass is 10.2. The Kier molecular flexibility index (Phi) is 4.90. The van der Waals surface area contributed by atoms with Crippen LogP contribution in [0.2, 0.25) is 0 Å². The summed E-state index contributed by atoms with van der Waals surface area (Å²) in [4.78, 5) is 10.2. The Labute approximate surface area is 162 Å². The van der Waals surface area contributed by atoms with E-state index in [-0.39, 0.29) is 10.6 Å². The second kappa shape index (κ2) is 7.04. The summed E-state index contributed by atoms with van der Waals surface area (Å²) < 4.78 is 28.2. The molecule has 0 saturated heterocycles. The number of fused-ring (bicyclic) bond motifs is 1. The first-order valence-electron chi connectivity index (χ1n) is 8.35. The number of hydrogen-bond acceptors (Lipinski definition) is 6. The predicted octanol–water partition coefficient (Wildman–Crippen LogP) is 2.82. The van der Waals surface area contributed by atoms with Crippen LogP contribution in [0.15, 0.2) is 46.5 Å². The molecule has 10 heteroatoms. The minimum atomic E-state index is -4.05. The van der Waals surface area contributed by atoms with E-state index in [0.29, 0.717) is 16.8 Å². The molecular weight excluding hydrogens is 382 g/mol. The third-order valence-electron chi connectivity index (χ3n) is 4.37. The fraction of sp³-hybridized carbons (Fsp3) is 0.222. The summed E-state index contributed by atoms with van der Waals surface area (Å²) in [5.41, 5.74) is 3.34. The molecule has 1 aromatic carbocycles. The molecule has 9 nitrogen and oxygen atoms in total. The number of nitro groups is 1. The molecule has 0 aliphatic heterocycles. The van der Waals surface area contributed by atoms with Crippen LogP contribution in [0.5, 0.6) is 0 Å². The number of benzene rings is 1. The molecule has 0 bridgehead atoms. The van der Waals surface area contributed by atoms with E-state index in [1.165, 1.54) is 25.4 Å². The fourth-order valence-corrected chi connectivity index (χ4v) is 3.97. The van der Waals surface area contributed by atoms with Gasteiger partial charge in [-0.2, -0.15) is 23.0 Å². The minimum Gasteiger partial charge on any atom is -0.258 e. The molecule has 0 amide bonds. The van der Waals surface area contributed by atoms with E-state index in [0.717, 1.165) is 21.6 Å². The second-order valence-electron chi connectivity index (χ2n) is 6.42. The molecule has 0 fully saturated rings. The highest BCUT2D eigenvalue weighted by atomic mass is 32.2. The van der Waals surface area contributed by atoms with Gasteiger partial charge in [-0.05, 0) is 44.0 Å². The number of non-ortho nitro benzene ring substituents is 1. The van der Waals surface area contributed by atoms with Gasteiger partial charge in [-0.25, -0.2) is 4.52 Å². The normalized spacial score (nSPS) is 12.0. The molecule has 3 aromatic rings. The number of nitrogens with zero attached hydrogens (tertiary/aromatic N) is 5. The maximum Gasteiger partial charge on any atom is 0.279 e. The van der Waals surface area contributed by atoms with E-state index in [4.69, 9.17) is 0 Å². The van der Waals surface area contributed by atoms with Crippen molar-refractivity contribution in [3.63, 3.8) is 0 Å². The van der Waals surface area contributed by atoms with Crippen molar-refractivity contribution in [1.82, 2.24) is 14.0 Å². The zero-order valence-electron chi connectivity index (χ0n) is 15.8. The molecule has 146 valence electrons. The Bertz CT molecular complexity index is 1210. The van der Waals surface area contributed by atoms with E-state index in [1.54, 1.807) is 11.4 Å². The van der Waals surface area contributed by atoms with E-state index >= 15 is 0 Å². The Hall–Kier alpha value is -3.27. The molecule has 2 aromatic heterocycles. The fourth-order valence-electron chi connectivity index (χ4n) is 2.77. The van der Waals surface area contributed by atoms with Gasteiger partial charge in [0.25, 0.3) is 15.7 Å². The molecule has 0 saturated carbocycles. The lowest BCUT2D eigenvalue weighted by Gasteiger charge is -2.15. The standard InChI is InChI=1S/C18H19N5O4S/c1-12-7-8-22-17(9-12)16(14(3)20-22)11-19-21(4)28(26,27)18-10-15(23(24)25)6-5-13(18)2/h5-11H,1-4H3. The average Bonchev–Trinajstić information content (AvgIpc) is 2.94. The average molecular weight is 401 g/mol. The Morgan fingerprint density at radius 3 is 2.61 bits per heavy atom. The number of aromatic nitrogens is 2. The lowest BCUT2D eigenvalue weighted by molar-refractivity contribution is -0.385. The first-order valence-corrected chi connectivity index (χ1v) is 9.79. The van der Waals surface area contributed by atoms with Gasteiger partial charge in [-0.1, -0.05) is 6.07 Å². The molecule has 0 atom stereocenters. The second-order valence-corrected chi connectivity index (χ2v) is 8.34. The zero-order chi connectivity index (χ0) is 20.6. The van der Waals surface area contributed by atoms with Crippen LogP contribution >= 0.6 is 0 Å². The van der Waals surface area contributed by atoms with Crippen LogP contribution < -0.4 is 0 Å². The van der Waals surface area contributed by atoms with Crippen molar-refractivity contribution >= 4 is 27.4 Å². The number of hydrogen-bond donors (Lipinski definition) is 0. The molecule has 0 aliphatic rings.